The lowest BCUT2D eigenvalue weighted by Crippen LogP contribution is -2.10. The molecule has 0 unspecified atom stereocenters. The van der Waals surface area contributed by atoms with E-state index < -0.39 is 0 Å². The third-order valence-electron chi connectivity index (χ3n) is 13.4. The van der Waals surface area contributed by atoms with Crippen molar-refractivity contribution in [1.29, 1.82) is 0 Å². The van der Waals surface area contributed by atoms with E-state index in [1.807, 2.05) is 0 Å². The van der Waals surface area contributed by atoms with Crippen LogP contribution in [-0.2, 0) is 0 Å². The Morgan fingerprint density at radius 1 is 0.299 bits per heavy atom. The van der Waals surface area contributed by atoms with Gasteiger partial charge in [0.25, 0.3) is 0 Å². The van der Waals surface area contributed by atoms with Crippen molar-refractivity contribution in [2.24, 2.45) is 0 Å². The minimum atomic E-state index is 0.863. The maximum Gasteiger partial charge on any atom is 0.143 e. The summed E-state index contributed by atoms with van der Waals surface area (Å²) in [7, 11) is 0. The highest BCUT2D eigenvalue weighted by atomic mass is 16.3. The molecule has 67 heavy (non-hydrogen) atoms. The van der Waals surface area contributed by atoms with Gasteiger partial charge < -0.3 is 13.9 Å². The number of benzene rings is 11. The number of hydrogen-bond acceptors (Lipinski definition) is 2. The van der Waals surface area contributed by atoms with E-state index >= 15 is 0 Å². The Morgan fingerprint density at radius 3 is 1.61 bits per heavy atom. The van der Waals surface area contributed by atoms with Gasteiger partial charge in [0.15, 0.2) is 0 Å². The zero-order chi connectivity index (χ0) is 44.3. The molecule has 0 aliphatic carbocycles. The zero-order valence-corrected chi connectivity index (χ0v) is 36.6. The summed E-state index contributed by atoms with van der Waals surface area (Å²) in [5.74, 6) is 0. The van der Waals surface area contributed by atoms with E-state index in [1.54, 1.807) is 0 Å². The second-order valence-electron chi connectivity index (χ2n) is 17.3. The molecule has 0 N–H and O–H groups in total. The first-order valence-corrected chi connectivity index (χ1v) is 22.9. The molecular weight excluding hydrogens is 813 g/mol. The molecule has 0 bridgehead atoms. The van der Waals surface area contributed by atoms with E-state index in [2.05, 4.69) is 264 Å². The van der Waals surface area contributed by atoms with Crippen LogP contribution in [0.25, 0.3) is 105 Å². The van der Waals surface area contributed by atoms with Crippen LogP contribution in [-0.4, -0.2) is 4.57 Å². The molecule has 0 radical (unpaired) electrons. The molecule has 0 amide bonds. The molecule has 0 aliphatic heterocycles. The van der Waals surface area contributed by atoms with Gasteiger partial charge in [-0.2, -0.15) is 0 Å². The summed E-state index contributed by atoms with van der Waals surface area (Å²) in [6, 6.07) is 92.0. The molecule has 2 heterocycles. The van der Waals surface area contributed by atoms with E-state index in [9.17, 15) is 0 Å². The number of anilines is 3. The van der Waals surface area contributed by atoms with Gasteiger partial charge >= 0.3 is 0 Å². The maximum atomic E-state index is 6.87. The Hall–Kier alpha value is -8.92. The number of hydrogen-bond donors (Lipinski definition) is 0. The summed E-state index contributed by atoms with van der Waals surface area (Å²) in [4.78, 5) is 2.38. The third-order valence-corrected chi connectivity index (χ3v) is 13.4. The maximum absolute atomic E-state index is 6.87. The van der Waals surface area contributed by atoms with Crippen LogP contribution < -0.4 is 4.90 Å². The van der Waals surface area contributed by atoms with Crippen LogP contribution in [0, 0.1) is 0 Å². The molecule has 0 saturated carbocycles. The van der Waals surface area contributed by atoms with E-state index in [1.165, 1.54) is 60.4 Å². The molecule has 11 aromatic carbocycles. The smallest absolute Gasteiger partial charge is 0.143 e. The van der Waals surface area contributed by atoms with Crippen LogP contribution in [0.5, 0.6) is 0 Å². The largest absolute Gasteiger partial charge is 0.455 e. The first-order valence-electron chi connectivity index (χ1n) is 22.9. The molecule has 0 aliphatic rings. The van der Waals surface area contributed by atoms with Crippen molar-refractivity contribution in [3.8, 4) is 50.2 Å². The van der Waals surface area contributed by atoms with Crippen molar-refractivity contribution in [2.75, 3.05) is 4.90 Å². The lowest BCUT2D eigenvalue weighted by molar-refractivity contribution is 0.670. The fourth-order valence-electron chi connectivity index (χ4n) is 10.1. The SMILES string of the molecule is c1ccc(-c2ccc(N(c3ccc(-c4ccc5ccccc5c4)cc3)c3cc(-c4ccc5c6ccccc6n(-c6cccc(-c7ccccc7)c6)c5c4)c4oc5ccccc5c4c3)cc2)cc1. The second-order valence-corrected chi connectivity index (χ2v) is 17.3. The minimum Gasteiger partial charge on any atom is -0.455 e. The monoisotopic (exact) mass is 854 g/mol. The summed E-state index contributed by atoms with van der Waals surface area (Å²) in [6.07, 6.45) is 0. The molecule has 13 aromatic rings. The average Bonchev–Trinajstić information content (AvgIpc) is 3.95. The van der Waals surface area contributed by atoms with Crippen LogP contribution in [0.3, 0.4) is 0 Å². The molecule has 0 fully saturated rings. The molecule has 314 valence electrons. The van der Waals surface area contributed by atoms with Crippen molar-refractivity contribution in [1.82, 2.24) is 4.57 Å². The van der Waals surface area contributed by atoms with Crippen molar-refractivity contribution in [2.45, 2.75) is 0 Å². The summed E-state index contributed by atoms with van der Waals surface area (Å²) in [5.41, 5.74) is 17.5. The van der Waals surface area contributed by atoms with Gasteiger partial charge in [0.2, 0.25) is 0 Å². The number of aromatic nitrogens is 1. The van der Waals surface area contributed by atoms with Gasteiger partial charge in [-0.05, 0) is 123 Å². The van der Waals surface area contributed by atoms with E-state index in [4.69, 9.17) is 4.42 Å². The van der Waals surface area contributed by atoms with Crippen LogP contribution in [0.15, 0.2) is 259 Å². The predicted molar refractivity (Wildman–Crippen MR) is 282 cm³/mol. The van der Waals surface area contributed by atoms with Crippen molar-refractivity contribution >= 4 is 71.6 Å². The van der Waals surface area contributed by atoms with E-state index in [-0.39, 0.29) is 0 Å². The topological polar surface area (TPSA) is 21.3 Å². The highest BCUT2D eigenvalue weighted by molar-refractivity contribution is 6.14. The van der Waals surface area contributed by atoms with Gasteiger partial charge in [0.1, 0.15) is 11.2 Å². The second kappa shape index (κ2) is 16.0. The number of nitrogens with zero attached hydrogens (tertiary/aromatic N) is 2. The number of rotatable bonds is 8. The molecule has 0 spiro atoms. The predicted octanol–water partition coefficient (Wildman–Crippen LogP) is 18.0. The molecular formula is C64H42N2O. The summed E-state index contributed by atoms with van der Waals surface area (Å²) >= 11 is 0. The van der Waals surface area contributed by atoms with Gasteiger partial charge in [-0.15, -0.1) is 0 Å². The van der Waals surface area contributed by atoms with Crippen LogP contribution in [0.1, 0.15) is 0 Å². The number of furan rings is 1. The Balaban J connectivity index is 1.01. The average molecular weight is 855 g/mol. The van der Waals surface area contributed by atoms with E-state index in [0.29, 0.717) is 0 Å². The van der Waals surface area contributed by atoms with Gasteiger partial charge in [0.05, 0.1) is 11.0 Å². The first-order chi connectivity index (χ1) is 33.2. The fraction of sp³-hybridized carbons (Fsp3) is 0. The van der Waals surface area contributed by atoms with Gasteiger partial charge in [-0.25, -0.2) is 0 Å². The van der Waals surface area contributed by atoms with Gasteiger partial charge in [0, 0.05) is 49.9 Å². The van der Waals surface area contributed by atoms with Crippen LogP contribution in [0.4, 0.5) is 17.1 Å². The summed E-state index contributed by atoms with van der Waals surface area (Å²) in [5, 5.41) is 7.04. The number of para-hydroxylation sites is 2. The molecule has 2 aromatic heterocycles. The third kappa shape index (κ3) is 6.76. The van der Waals surface area contributed by atoms with Gasteiger partial charge in [-0.3, -0.25) is 0 Å². The first kappa shape index (κ1) is 38.5. The van der Waals surface area contributed by atoms with Crippen molar-refractivity contribution in [3.63, 3.8) is 0 Å². The quantitative estimate of drug-likeness (QED) is 0.152. The molecule has 3 nitrogen and oxygen atoms in total. The molecule has 0 saturated heterocycles. The normalized spacial score (nSPS) is 11.6. The van der Waals surface area contributed by atoms with Gasteiger partial charge in [-0.1, -0.05) is 182 Å². The number of fused-ring (bicyclic) bond motifs is 7. The Kier molecular flexibility index (Phi) is 9.17. The molecule has 0 atom stereocenters. The van der Waals surface area contributed by atoms with E-state index in [0.717, 1.165) is 61.3 Å². The lowest BCUT2D eigenvalue weighted by atomic mass is 9.98. The van der Waals surface area contributed by atoms with Crippen molar-refractivity contribution in [3.05, 3.63) is 255 Å². The molecule has 13 rings (SSSR count). The fourth-order valence-corrected chi connectivity index (χ4v) is 10.1. The lowest BCUT2D eigenvalue weighted by Gasteiger charge is -2.27. The standard InChI is InChI=1S/C64H42N2O/c1-3-14-43(15-4-1)46-28-33-52(34-29-46)65(53-35-30-47(31-36-53)50-27-26-45-18-7-8-19-48(45)38-50)55-41-59(64-60(42-55)58-23-10-12-25-63(58)67-64)51-32-37-57-56-22-9-11-24-61(56)66(62(57)40-51)54-21-13-20-49(39-54)44-16-5-2-6-17-44/h1-42H. The Bertz CT molecular complexity index is 3960. The van der Waals surface area contributed by atoms with Crippen LogP contribution in [0.2, 0.25) is 0 Å². The molecule has 3 heteroatoms. The highest BCUT2D eigenvalue weighted by Gasteiger charge is 2.22. The van der Waals surface area contributed by atoms with Crippen molar-refractivity contribution < 1.29 is 4.42 Å². The zero-order valence-electron chi connectivity index (χ0n) is 36.6. The van der Waals surface area contributed by atoms with Crippen LogP contribution >= 0.6 is 0 Å². The minimum absolute atomic E-state index is 0.863. The summed E-state index contributed by atoms with van der Waals surface area (Å²) < 4.78 is 9.28. The Morgan fingerprint density at radius 2 is 0.851 bits per heavy atom. The highest BCUT2D eigenvalue weighted by Crippen LogP contribution is 2.45. The Labute approximate surface area is 388 Å². The summed E-state index contributed by atoms with van der Waals surface area (Å²) in [6.45, 7) is 0.